The number of rotatable bonds is 22. The minimum Gasteiger partial charge on any atom is -0.481 e. The van der Waals surface area contributed by atoms with Gasteiger partial charge in [0, 0.05) is 31.3 Å². The van der Waals surface area contributed by atoms with Gasteiger partial charge in [0.15, 0.2) is 17.7 Å². The third-order valence-electron chi connectivity index (χ3n) is 7.85. The van der Waals surface area contributed by atoms with Gasteiger partial charge in [0.05, 0.1) is 19.5 Å². The van der Waals surface area contributed by atoms with Crippen molar-refractivity contribution in [1.82, 2.24) is 30.2 Å². The Kier molecular flexibility index (Phi) is 15.7. The van der Waals surface area contributed by atoms with Gasteiger partial charge in [-0.05, 0) is 13.3 Å². The highest BCUT2D eigenvalue weighted by atomic mass is 31.3. The Labute approximate surface area is 311 Å². The molecule has 2 aromatic heterocycles. The van der Waals surface area contributed by atoms with E-state index in [1.807, 2.05) is 0 Å². The third kappa shape index (κ3) is 13.4. The number of hydrogen-bond donors (Lipinski definition) is 10. The summed E-state index contributed by atoms with van der Waals surface area (Å²) in [5, 5.41) is 35.0. The number of ketones is 1. The summed E-state index contributed by atoms with van der Waals surface area (Å²) in [6.07, 6.45) is -6.99. The number of nitrogens with two attached hydrogens (primary N) is 1. The monoisotopic (exact) mass is 849 g/mol. The fraction of sp³-hybridized carbons (Fsp3) is 0.654. The highest BCUT2D eigenvalue weighted by Crippen LogP contribution is 2.61. The number of Topliss-reactive ketones (excluding diaryl/α,β-unsaturated/α-hetero) is 1. The molecule has 2 aromatic rings. The number of fused-ring (bicyclic) bond motifs is 1. The topological polar surface area (TPSA) is 401 Å². The van der Waals surface area contributed by atoms with Crippen LogP contribution in [0.5, 0.6) is 0 Å². The summed E-state index contributed by atoms with van der Waals surface area (Å²) < 4.78 is 61.9. The molecule has 8 unspecified atom stereocenters. The maximum atomic E-state index is 12.6. The number of carboxylic acid groups (broad SMARTS) is 1. The molecule has 1 saturated heterocycles. The number of carboxylic acids is 1. The minimum absolute atomic E-state index is 0.0189. The van der Waals surface area contributed by atoms with Crippen LogP contribution in [0.15, 0.2) is 12.7 Å². The number of ether oxygens (including phenoxy) is 1. The van der Waals surface area contributed by atoms with Crippen molar-refractivity contribution in [2.45, 2.75) is 70.7 Å². The maximum Gasteiger partial charge on any atom is 0.481 e. The molecule has 29 heteroatoms. The molecule has 0 spiro atoms. The fourth-order valence-electron chi connectivity index (χ4n) is 4.78. The lowest BCUT2D eigenvalue weighted by Crippen LogP contribution is -2.46. The number of carbonyl (C=O) groups excluding carboxylic acids is 3. The van der Waals surface area contributed by atoms with Gasteiger partial charge in [-0.3, -0.25) is 37.3 Å². The van der Waals surface area contributed by atoms with Crippen molar-refractivity contribution in [2.24, 2.45) is 11.3 Å². The molecule has 3 heterocycles. The average molecular weight is 850 g/mol. The number of aromatic nitrogens is 4. The van der Waals surface area contributed by atoms with Gasteiger partial charge in [0.1, 0.15) is 48.0 Å². The Morgan fingerprint density at radius 3 is 2.31 bits per heavy atom. The van der Waals surface area contributed by atoms with Gasteiger partial charge < -0.3 is 56.0 Å². The molecule has 1 aliphatic heterocycles. The molecule has 310 valence electrons. The van der Waals surface area contributed by atoms with Gasteiger partial charge in [-0.2, -0.15) is 4.31 Å². The van der Waals surface area contributed by atoms with Crippen LogP contribution < -0.4 is 16.4 Å². The third-order valence-corrected chi connectivity index (χ3v) is 11.0. The summed E-state index contributed by atoms with van der Waals surface area (Å²) in [6, 6.07) is 0. The number of hydrogen-bond acceptors (Lipinski definition) is 18. The van der Waals surface area contributed by atoms with E-state index in [-0.39, 0.29) is 49.3 Å². The van der Waals surface area contributed by atoms with E-state index in [2.05, 4.69) is 34.4 Å². The van der Waals surface area contributed by atoms with Crippen molar-refractivity contribution in [3.63, 3.8) is 0 Å². The SMILES string of the molecule is CC(C(=O)O)C(=O)CCCNC(=O)CCNC(=O)C(O)C(C)(C)COP(=O)(O)OP(=O)(O)OCC1OC(n2cnc3c(N)ncnc32)C(O)C1OP(=O)(O)O. The molecule has 1 aliphatic rings. The lowest BCUT2D eigenvalue weighted by molar-refractivity contribution is -0.145. The van der Waals surface area contributed by atoms with Crippen LogP contribution in [0.4, 0.5) is 5.82 Å². The summed E-state index contributed by atoms with van der Waals surface area (Å²) in [6.45, 7) is 1.42. The second-order valence-corrected chi connectivity index (χ2v) is 16.9. The van der Waals surface area contributed by atoms with Crippen molar-refractivity contribution < 1.29 is 90.4 Å². The number of nitrogen functional groups attached to an aromatic ring is 1. The zero-order chi connectivity index (χ0) is 41.5. The molecule has 0 aliphatic carbocycles. The summed E-state index contributed by atoms with van der Waals surface area (Å²) >= 11 is 0. The second-order valence-electron chi connectivity index (χ2n) is 12.7. The van der Waals surface area contributed by atoms with Crippen molar-refractivity contribution in [2.75, 3.05) is 32.0 Å². The Balaban J connectivity index is 1.50. The number of aliphatic hydroxyl groups is 2. The number of nitrogens with zero attached hydrogens (tertiary/aromatic N) is 4. The van der Waals surface area contributed by atoms with Crippen LogP contribution in [0.2, 0.25) is 0 Å². The molecule has 26 nitrogen and oxygen atoms in total. The zero-order valence-electron chi connectivity index (χ0n) is 29.3. The van der Waals surface area contributed by atoms with Crippen LogP contribution in [0.1, 0.15) is 46.3 Å². The molecule has 3 rings (SSSR count). The number of imidazole rings is 1. The van der Waals surface area contributed by atoms with E-state index < -0.39 is 102 Å². The summed E-state index contributed by atoms with van der Waals surface area (Å²) in [4.78, 5) is 97.8. The number of aliphatic hydroxyl groups excluding tert-OH is 2. The van der Waals surface area contributed by atoms with Crippen LogP contribution >= 0.6 is 23.5 Å². The normalized spacial score (nSPS) is 22.3. The first-order valence-corrected chi connectivity index (χ1v) is 20.5. The molecule has 8 atom stereocenters. The number of phosphoric acid groups is 3. The van der Waals surface area contributed by atoms with Gasteiger partial charge >= 0.3 is 29.4 Å². The number of nitrogens with one attached hydrogen (secondary N) is 2. The Morgan fingerprint density at radius 1 is 1.02 bits per heavy atom. The standard InChI is InChI=1S/C26H42N7O19P3/c1-13(25(39)40)14(34)5-4-7-28-16(35)6-8-29-23(38)20(37)26(2,3)10-49-55(46,47)52-54(44,45)48-9-15-19(51-53(41,42)43)18(36)24(50-15)33-12-32-17-21(27)30-11-31-22(17)33/h11-13,15,18-20,24,36-37H,4-10H2,1-3H3,(H,28,35)(H,29,38)(H,39,40)(H,44,45)(H,46,47)(H2,27,30,31)(H2,41,42,43). The first kappa shape index (κ1) is 46.1. The van der Waals surface area contributed by atoms with Crippen LogP contribution in [0.25, 0.3) is 11.2 Å². The van der Waals surface area contributed by atoms with Crippen molar-refractivity contribution >= 4 is 64.0 Å². The zero-order valence-corrected chi connectivity index (χ0v) is 32.0. The predicted molar refractivity (Wildman–Crippen MR) is 181 cm³/mol. The largest absolute Gasteiger partial charge is 0.481 e. The molecule has 55 heavy (non-hydrogen) atoms. The van der Waals surface area contributed by atoms with Gasteiger partial charge in [0.25, 0.3) is 0 Å². The van der Waals surface area contributed by atoms with E-state index in [4.69, 9.17) is 24.6 Å². The van der Waals surface area contributed by atoms with E-state index in [0.717, 1.165) is 17.2 Å². The predicted octanol–water partition coefficient (Wildman–Crippen LogP) is -1.53. The number of amides is 2. The van der Waals surface area contributed by atoms with Gasteiger partial charge in [-0.15, -0.1) is 0 Å². The Hall–Kier alpha value is -3.32. The molecule has 0 bridgehead atoms. The smallest absolute Gasteiger partial charge is 0.481 e. The molecule has 11 N–H and O–H groups in total. The summed E-state index contributed by atoms with van der Waals surface area (Å²) in [5.74, 6) is -4.54. The van der Waals surface area contributed by atoms with Crippen molar-refractivity contribution in [1.29, 1.82) is 0 Å². The number of aliphatic carboxylic acids is 1. The average Bonchev–Trinajstić information content (AvgIpc) is 3.64. The highest BCUT2D eigenvalue weighted by molar-refractivity contribution is 7.61. The number of carbonyl (C=O) groups is 4. The van der Waals surface area contributed by atoms with Gasteiger partial charge in [-0.25, -0.2) is 28.6 Å². The van der Waals surface area contributed by atoms with Gasteiger partial charge in [-0.1, -0.05) is 13.8 Å². The molecular weight excluding hydrogens is 807 g/mol. The summed E-state index contributed by atoms with van der Waals surface area (Å²) in [5.41, 5.74) is 4.19. The fourth-order valence-corrected chi connectivity index (χ4v) is 7.61. The molecular formula is C26H42N7O19P3. The Morgan fingerprint density at radius 2 is 1.67 bits per heavy atom. The van der Waals surface area contributed by atoms with Crippen LogP contribution in [0, 0.1) is 11.3 Å². The molecule has 0 aromatic carbocycles. The lowest BCUT2D eigenvalue weighted by Gasteiger charge is -2.30. The quantitative estimate of drug-likeness (QED) is 0.0365. The van der Waals surface area contributed by atoms with E-state index in [9.17, 15) is 62.7 Å². The molecule has 2 amide bonds. The van der Waals surface area contributed by atoms with Crippen LogP contribution in [0.3, 0.4) is 0 Å². The molecule has 0 radical (unpaired) electrons. The first-order valence-electron chi connectivity index (χ1n) is 16.0. The second kappa shape index (κ2) is 18.7. The maximum absolute atomic E-state index is 12.6. The Bertz CT molecular complexity index is 1860. The van der Waals surface area contributed by atoms with E-state index >= 15 is 0 Å². The van der Waals surface area contributed by atoms with Crippen molar-refractivity contribution in [3.05, 3.63) is 12.7 Å². The van der Waals surface area contributed by atoms with E-state index in [0.29, 0.717) is 0 Å². The number of anilines is 1. The highest BCUT2D eigenvalue weighted by Gasteiger charge is 2.50. The first-order chi connectivity index (χ1) is 25.3. The lowest BCUT2D eigenvalue weighted by atomic mass is 9.87. The van der Waals surface area contributed by atoms with Crippen LogP contribution in [-0.2, 0) is 55.5 Å². The molecule has 0 saturated carbocycles. The molecule has 1 fully saturated rings. The van der Waals surface area contributed by atoms with Crippen molar-refractivity contribution in [3.8, 4) is 0 Å². The van der Waals surface area contributed by atoms with E-state index in [1.54, 1.807) is 0 Å². The summed E-state index contributed by atoms with van der Waals surface area (Å²) in [7, 11) is -16.4. The van der Waals surface area contributed by atoms with Gasteiger partial charge in [0.2, 0.25) is 11.8 Å². The van der Waals surface area contributed by atoms with E-state index in [1.165, 1.54) is 20.8 Å². The van der Waals surface area contributed by atoms with Crippen LogP contribution in [-0.4, -0.2) is 129 Å². The number of phosphoric ester groups is 3. The minimum atomic E-state index is -5.59.